The Hall–Kier alpha value is -5.10. The number of nitrogens with zero attached hydrogens (tertiary/aromatic N) is 2. The van der Waals surface area contributed by atoms with Gasteiger partial charge in [0.15, 0.2) is 0 Å². The number of aromatic nitrogens is 3. The molecular weight excluding hydrogens is 609 g/mol. The number of rotatable bonds is 8. The quantitative estimate of drug-likeness (QED) is 0.146. The largest absolute Gasteiger partial charge is 0.416 e. The summed E-state index contributed by atoms with van der Waals surface area (Å²) in [4.78, 5) is 38.2. The second kappa shape index (κ2) is 12.5. The van der Waals surface area contributed by atoms with Crippen molar-refractivity contribution in [2.45, 2.75) is 26.6 Å². The van der Waals surface area contributed by atoms with Crippen LogP contribution in [0.25, 0.3) is 22.2 Å². The van der Waals surface area contributed by atoms with Crippen LogP contribution in [0.3, 0.4) is 0 Å². The molecule has 0 saturated heterocycles. The third kappa shape index (κ3) is 7.01. The molecule has 5 rings (SSSR count). The van der Waals surface area contributed by atoms with Crippen LogP contribution in [0.2, 0.25) is 5.02 Å². The highest BCUT2D eigenvalue weighted by molar-refractivity contribution is 6.34. The summed E-state index contributed by atoms with van der Waals surface area (Å²) >= 11 is 6.31. The number of alkyl halides is 3. The highest BCUT2D eigenvalue weighted by Crippen LogP contribution is 2.31. The molecule has 5 aromatic rings. The lowest BCUT2D eigenvalue weighted by Gasteiger charge is -2.11. The van der Waals surface area contributed by atoms with Crippen LogP contribution in [0, 0.1) is 5.92 Å². The zero-order chi connectivity index (χ0) is 32.5. The fourth-order valence-corrected chi connectivity index (χ4v) is 4.85. The lowest BCUT2D eigenvalue weighted by atomic mass is 10.1. The van der Waals surface area contributed by atoms with Crippen molar-refractivity contribution in [1.82, 2.24) is 20.1 Å². The van der Waals surface area contributed by atoms with Crippen LogP contribution in [0.15, 0.2) is 72.8 Å². The van der Waals surface area contributed by atoms with E-state index in [-0.39, 0.29) is 34.8 Å². The number of amides is 3. The molecular formula is C32H28ClF3N6O3. The number of fused-ring (bicyclic) bond motifs is 1. The molecule has 0 aliphatic rings. The summed E-state index contributed by atoms with van der Waals surface area (Å²) in [6.07, 6.45) is -4.44. The van der Waals surface area contributed by atoms with E-state index in [1.165, 1.54) is 18.2 Å². The number of nitrogens with one attached hydrogen (secondary N) is 4. The van der Waals surface area contributed by atoms with Gasteiger partial charge in [0.05, 0.1) is 21.8 Å². The molecule has 13 heteroatoms. The molecule has 4 N–H and O–H groups in total. The number of halogens is 4. The average Bonchev–Trinajstić information content (AvgIpc) is 3.60. The minimum atomic E-state index is -4.44. The molecule has 2 aromatic heterocycles. The van der Waals surface area contributed by atoms with Gasteiger partial charge in [0.1, 0.15) is 11.5 Å². The summed E-state index contributed by atoms with van der Waals surface area (Å²) in [6.45, 7) is 3.84. The minimum Gasteiger partial charge on any atom is -0.352 e. The van der Waals surface area contributed by atoms with Gasteiger partial charge in [0.2, 0.25) is 5.91 Å². The van der Waals surface area contributed by atoms with Crippen LogP contribution >= 0.6 is 11.6 Å². The zero-order valence-electron chi connectivity index (χ0n) is 24.3. The highest BCUT2D eigenvalue weighted by atomic mass is 35.5. The van der Waals surface area contributed by atoms with Crippen LogP contribution in [-0.4, -0.2) is 32.5 Å². The molecule has 0 radical (unpaired) electrons. The van der Waals surface area contributed by atoms with E-state index in [1.54, 1.807) is 67.9 Å². The van der Waals surface area contributed by atoms with Crippen LogP contribution in [0.4, 0.5) is 24.7 Å². The van der Waals surface area contributed by atoms with Crippen molar-refractivity contribution in [2.75, 3.05) is 10.6 Å². The molecule has 45 heavy (non-hydrogen) atoms. The van der Waals surface area contributed by atoms with E-state index >= 15 is 0 Å². The number of hydrogen-bond acceptors (Lipinski definition) is 4. The van der Waals surface area contributed by atoms with Crippen molar-refractivity contribution in [1.29, 1.82) is 0 Å². The van der Waals surface area contributed by atoms with Crippen molar-refractivity contribution in [3.8, 4) is 11.3 Å². The van der Waals surface area contributed by atoms with Crippen molar-refractivity contribution in [3.05, 3.63) is 100 Å². The fourth-order valence-electron chi connectivity index (χ4n) is 4.64. The van der Waals surface area contributed by atoms with Gasteiger partial charge in [-0.15, -0.1) is 0 Å². The van der Waals surface area contributed by atoms with Crippen molar-refractivity contribution in [2.24, 2.45) is 13.0 Å². The van der Waals surface area contributed by atoms with Crippen molar-refractivity contribution in [3.63, 3.8) is 0 Å². The number of carbonyl (C=O) groups excluding carboxylic acids is 3. The minimum absolute atomic E-state index is 0.104. The van der Waals surface area contributed by atoms with Crippen molar-refractivity contribution >= 4 is 51.7 Å². The predicted molar refractivity (Wildman–Crippen MR) is 166 cm³/mol. The second-order valence-corrected chi connectivity index (χ2v) is 11.1. The van der Waals surface area contributed by atoms with Gasteiger partial charge < -0.3 is 20.5 Å². The molecule has 0 bridgehead atoms. The van der Waals surface area contributed by atoms with E-state index in [0.717, 1.165) is 23.2 Å². The standard InChI is InChI=1S/C32H28ClF3N6O3/c1-17(2)29(43)37-16-18-4-10-24(33)23(12-18)30(44)38-22-9-11-26-20(13-22)14-27(42(26)3)31(45)39-28-15-25(40-41-28)19-5-7-21(8-6-19)32(34,35)36/h4-15,17H,16H2,1-3H3,(H,37,43)(H,38,44)(H2,39,40,41,45). The number of anilines is 2. The number of H-pyrrole nitrogens is 1. The predicted octanol–water partition coefficient (Wildman–Crippen LogP) is 7.02. The maximum Gasteiger partial charge on any atom is 0.416 e. The van der Waals surface area contributed by atoms with Gasteiger partial charge in [-0.2, -0.15) is 18.3 Å². The van der Waals surface area contributed by atoms with Crippen LogP contribution in [0.5, 0.6) is 0 Å². The van der Waals surface area contributed by atoms with Gasteiger partial charge in [-0.25, -0.2) is 0 Å². The highest BCUT2D eigenvalue weighted by Gasteiger charge is 2.30. The van der Waals surface area contributed by atoms with Gasteiger partial charge in [0, 0.05) is 47.7 Å². The SMILES string of the molecule is CC(C)C(=O)NCc1ccc(Cl)c(C(=O)Nc2ccc3c(c2)cc(C(=O)Nc2cc(-c4ccc(C(F)(F)F)cc4)n[nH]2)n3C)c1. The first-order valence-electron chi connectivity index (χ1n) is 13.8. The van der Waals surface area contributed by atoms with Crippen LogP contribution in [-0.2, 0) is 24.6 Å². The summed E-state index contributed by atoms with van der Waals surface area (Å²) in [6, 6.07) is 17.9. The molecule has 3 aromatic carbocycles. The fraction of sp³-hybridized carbons (Fsp3) is 0.188. The Morgan fingerprint density at radius 1 is 0.933 bits per heavy atom. The first kappa shape index (κ1) is 31.3. The molecule has 0 fully saturated rings. The van der Waals surface area contributed by atoms with E-state index in [9.17, 15) is 27.6 Å². The Labute approximate surface area is 260 Å². The van der Waals surface area contributed by atoms with Gasteiger partial charge in [0.25, 0.3) is 11.8 Å². The summed E-state index contributed by atoms with van der Waals surface area (Å²) in [7, 11) is 1.72. The first-order chi connectivity index (χ1) is 21.3. The normalized spacial score (nSPS) is 11.6. The molecule has 0 atom stereocenters. The van der Waals surface area contributed by atoms with E-state index in [1.807, 2.05) is 0 Å². The monoisotopic (exact) mass is 636 g/mol. The summed E-state index contributed by atoms with van der Waals surface area (Å²) in [5, 5.41) is 16.1. The Balaban J connectivity index is 1.28. The van der Waals surface area contributed by atoms with Gasteiger partial charge in [-0.3, -0.25) is 19.5 Å². The zero-order valence-corrected chi connectivity index (χ0v) is 25.1. The molecule has 0 saturated carbocycles. The lowest BCUT2D eigenvalue weighted by Crippen LogP contribution is -2.27. The number of aromatic amines is 1. The average molecular weight is 637 g/mol. The first-order valence-corrected chi connectivity index (χ1v) is 14.2. The Morgan fingerprint density at radius 3 is 2.36 bits per heavy atom. The Bertz CT molecular complexity index is 1910. The molecule has 232 valence electrons. The number of carbonyl (C=O) groups is 3. The molecule has 0 aliphatic carbocycles. The van der Waals surface area contributed by atoms with E-state index in [2.05, 4.69) is 26.1 Å². The second-order valence-electron chi connectivity index (χ2n) is 10.7. The van der Waals surface area contributed by atoms with Crippen LogP contribution in [0.1, 0.15) is 45.8 Å². The molecule has 0 aliphatic heterocycles. The van der Waals surface area contributed by atoms with E-state index < -0.39 is 23.6 Å². The topological polar surface area (TPSA) is 121 Å². The molecule has 0 spiro atoms. The summed E-state index contributed by atoms with van der Waals surface area (Å²) < 4.78 is 40.3. The molecule has 0 unspecified atom stereocenters. The maximum absolute atomic E-state index is 13.1. The van der Waals surface area contributed by atoms with Gasteiger partial charge in [-0.05, 0) is 54.1 Å². The van der Waals surface area contributed by atoms with Gasteiger partial charge >= 0.3 is 6.18 Å². The Morgan fingerprint density at radius 2 is 1.67 bits per heavy atom. The van der Waals surface area contributed by atoms with Gasteiger partial charge in [-0.1, -0.05) is 43.6 Å². The van der Waals surface area contributed by atoms with Crippen LogP contribution < -0.4 is 16.0 Å². The van der Waals surface area contributed by atoms with E-state index in [0.29, 0.717) is 28.0 Å². The smallest absolute Gasteiger partial charge is 0.352 e. The maximum atomic E-state index is 13.1. The molecule has 9 nitrogen and oxygen atoms in total. The number of benzene rings is 3. The summed E-state index contributed by atoms with van der Waals surface area (Å²) in [5.41, 5.74) is 2.54. The molecule has 2 heterocycles. The lowest BCUT2D eigenvalue weighted by molar-refractivity contribution is -0.137. The molecule has 3 amide bonds. The number of hydrogen-bond donors (Lipinski definition) is 4. The number of aryl methyl sites for hydroxylation is 1. The third-order valence-corrected chi connectivity index (χ3v) is 7.46. The van der Waals surface area contributed by atoms with Crippen molar-refractivity contribution < 1.29 is 27.6 Å². The Kier molecular flexibility index (Phi) is 8.69. The third-order valence-electron chi connectivity index (χ3n) is 7.13. The summed E-state index contributed by atoms with van der Waals surface area (Å²) in [5.74, 6) is -0.897. The van der Waals surface area contributed by atoms with E-state index in [4.69, 9.17) is 11.6 Å².